The average Bonchev–Trinajstić information content (AvgIpc) is 2.54. The first-order valence-corrected chi connectivity index (χ1v) is 8.49. The van der Waals surface area contributed by atoms with Crippen molar-refractivity contribution in [3.8, 4) is 0 Å². The minimum Gasteiger partial charge on any atom is -0.389 e. The molecule has 0 saturated carbocycles. The fourth-order valence-corrected chi connectivity index (χ4v) is 3.98. The van der Waals surface area contributed by atoms with E-state index >= 15 is 0 Å². The lowest BCUT2D eigenvalue weighted by Gasteiger charge is -2.25. The van der Waals surface area contributed by atoms with Gasteiger partial charge in [-0.15, -0.1) is 11.8 Å². The number of carbonyl (C=O) groups is 1. The van der Waals surface area contributed by atoms with Crippen LogP contribution in [0.25, 0.3) is 0 Å². The van der Waals surface area contributed by atoms with Gasteiger partial charge in [0.1, 0.15) is 5.25 Å². The van der Waals surface area contributed by atoms with Crippen LogP contribution in [0.5, 0.6) is 0 Å². The number of fused-ring (bicyclic) bond motifs is 1. The predicted molar refractivity (Wildman–Crippen MR) is 91.1 cm³/mol. The molecular weight excluding hydrogens is 294 g/mol. The van der Waals surface area contributed by atoms with E-state index in [-0.39, 0.29) is 11.2 Å². The van der Waals surface area contributed by atoms with Gasteiger partial charge in [-0.2, -0.15) is 0 Å². The number of para-hydroxylation sites is 1. The molecule has 2 aromatic carbocycles. The Bertz CT molecular complexity index is 684. The third-order valence-electron chi connectivity index (χ3n) is 3.90. The van der Waals surface area contributed by atoms with E-state index in [1.807, 2.05) is 42.5 Å². The van der Waals surface area contributed by atoms with Gasteiger partial charge in [-0.3, -0.25) is 4.79 Å². The molecule has 2 aromatic rings. The Labute approximate surface area is 134 Å². The molecule has 1 aliphatic heterocycles. The van der Waals surface area contributed by atoms with Gasteiger partial charge in [0.2, 0.25) is 5.91 Å². The van der Waals surface area contributed by atoms with Crippen molar-refractivity contribution in [2.24, 2.45) is 0 Å². The van der Waals surface area contributed by atoms with Crippen molar-refractivity contribution in [2.75, 3.05) is 11.1 Å². The first-order valence-electron chi connectivity index (χ1n) is 7.44. The van der Waals surface area contributed by atoms with Gasteiger partial charge in [0.05, 0.1) is 6.10 Å². The zero-order chi connectivity index (χ0) is 15.5. The Kier molecular flexibility index (Phi) is 4.50. The summed E-state index contributed by atoms with van der Waals surface area (Å²) in [6, 6.07) is 15.5. The van der Waals surface area contributed by atoms with Gasteiger partial charge in [-0.05, 0) is 36.3 Å². The first-order chi connectivity index (χ1) is 10.7. The van der Waals surface area contributed by atoms with Crippen LogP contribution in [0.1, 0.15) is 35.0 Å². The lowest BCUT2D eigenvalue weighted by atomic mass is 10.0. The third-order valence-corrected chi connectivity index (χ3v) is 5.14. The van der Waals surface area contributed by atoms with Gasteiger partial charge in [-0.1, -0.05) is 42.5 Å². The molecule has 0 aromatic heterocycles. The van der Waals surface area contributed by atoms with Crippen molar-refractivity contribution >= 4 is 23.4 Å². The number of anilines is 1. The Hall–Kier alpha value is -1.78. The maximum Gasteiger partial charge on any atom is 0.242 e. The van der Waals surface area contributed by atoms with Crippen molar-refractivity contribution in [1.29, 1.82) is 0 Å². The number of nitrogens with one attached hydrogen (secondary N) is 1. The Morgan fingerprint density at radius 3 is 2.77 bits per heavy atom. The topological polar surface area (TPSA) is 49.3 Å². The van der Waals surface area contributed by atoms with E-state index in [0.717, 1.165) is 23.3 Å². The number of hydrogen-bond acceptors (Lipinski definition) is 3. The highest BCUT2D eigenvalue weighted by atomic mass is 32.2. The largest absolute Gasteiger partial charge is 0.389 e. The van der Waals surface area contributed by atoms with E-state index in [9.17, 15) is 9.90 Å². The second kappa shape index (κ2) is 6.55. The molecule has 1 aliphatic rings. The monoisotopic (exact) mass is 313 g/mol. The van der Waals surface area contributed by atoms with E-state index in [1.165, 1.54) is 5.56 Å². The molecule has 0 radical (unpaired) electrons. The second-order valence-corrected chi connectivity index (χ2v) is 6.67. The minimum absolute atomic E-state index is 0.0229. The maximum atomic E-state index is 12.7. The number of aliphatic hydroxyl groups excluding tert-OH is 1. The number of rotatable bonds is 3. The SMILES string of the molecule is CC(O)c1ccccc1NC(=O)C1SCCc2ccccc21. The first kappa shape index (κ1) is 15.1. The summed E-state index contributed by atoms with van der Waals surface area (Å²) in [7, 11) is 0. The molecule has 0 saturated heterocycles. The fraction of sp³-hybridized carbons (Fsp3) is 0.278. The van der Waals surface area contributed by atoms with E-state index < -0.39 is 6.10 Å². The van der Waals surface area contributed by atoms with Crippen molar-refractivity contribution in [2.45, 2.75) is 24.7 Å². The zero-order valence-electron chi connectivity index (χ0n) is 12.5. The normalized spacial score (nSPS) is 18.4. The zero-order valence-corrected chi connectivity index (χ0v) is 13.3. The number of benzene rings is 2. The standard InChI is InChI=1S/C18H19NO2S/c1-12(20)14-7-4-5-9-16(14)19-18(21)17-15-8-3-2-6-13(15)10-11-22-17/h2-9,12,17,20H,10-11H2,1H3,(H,19,21). The van der Waals surface area contributed by atoms with Crippen molar-refractivity contribution < 1.29 is 9.90 Å². The molecule has 3 rings (SSSR count). The predicted octanol–water partition coefficient (Wildman–Crippen LogP) is 3.71. The summed E-state index contributed by atoms with van der Waals surface area (Å²) in [5.74, 6) is 0.929. The van der Waals surface area contributed by atoms with Crippen molar-refractivity contribution in [3.63, 3.8) is 0 Å². The quantitative estimate of drug-likeness (QED) is 0.908. The number of aryl methyl sites for hydroxylation is 1. The highest BCUT2D eigenvalue weighted by Gasteiger charge is 2.27. The van der Waals surface area contributed by atoms with Crippen LogP contribution < -0.4 is 5.32 Å². The highest BCUT2D eigenvalue weighted by Crippen LogP contribution is 2.37. The average molecular weight is 313 g/mol. The van der Waals surface area contributed by atoms with Crippen LogP contribution in [0, 0.1) is 0 Å². The summed E-state index contributed by atoms with van der Waals surface area (Å²) in [5.41, 5.74) is 3.78. The van der Waals surface area contributed by atoms with Gasteiger partial charge >= 0.3 is 0 Å². The van der Waals surface area contributed by atoms with Gasteiger partial charge in [0.15, 0.2) is 0 Å². The number of carbonyl (C=O) groups excluding carboxylic acids is 1. The van der Waals surface area contributed by atoms with Crippen LogP contribution in [-0.2, 0) is 11.2 Å². The van der Waals surface area contributed by atoms with Crippen LogP contribution in [0.3, 0.4) is 0 Å². The lowest BCUT2D eigenvalue weighted by Crippen LogP contribution is -2.23. The molecule has 0 bridgehead atoms. The van der Waals surface area contributed by atoms with Crippen LogP contribution in [0.2, 0.25) is 0 Å². The van der Waals surface area contributed by atoms with Crippen LogP contribution in [-0.4, -0.2) is 16.8 Å². The summed E-state index contributed by atoms with van der Waals surface area (Å²) in [5, 5.41) is 12.6. The number of amides is 1. The van der Waals surface area contributed by atoms with E-state index in [4.69, 9.17) is 0 Å². The Morgan fingerprint density at radius 2 is 1.95 bits per heavy atom. The Balaban J connectivity index is 1.85. The summed E-state index contributed by atoms with van der Waals surface area (Å²) in [4.78, 5) is 12.7. The summed E-state index contributed by atoms with van der Waals surface area (Å²) >= 11 is 1.67. The minimum atomic E-state index is -0.609. The molecule has 2 unspecified atom stereocenters. The molecule has 0 spiro atoms. The van der Waals surface area contributed by atoms with Crippen molar-refractivity contribution in [3.05, 3.63) is 65.2 Å². The summed E-state index contributed by atoms with van der Waals surface area (Å²) < 4.78 is 0. The van der Waals surface area contributed by atoms with Gasteiger partial charge in [0.25, 0.3) is 0 Å². The lowest BCUT2D eigenvalue weighted by molar-refractivity contribution is -0.115. The van der Waals surface area contributed by atoms with Crippen LogP contribution in [0.15, 0.2) is 48.5 Å². The molecule has 0 aliphatic carbocycles. The second-order valence-electron chi connectivity index (χ2n) is 5.45. The van der Waals surface area contributed by atoms with Crippen LogP contribution in [0.4, 0.5) is 5.69 Å². The van der Waals surface area contributed by atoms with Crippen molar-refractivity contribution in [1.82, 2.24) is 0 Å². The molecule has 114 valence electrons. The van der Waals surface area contributed by atoms with E-state index in [0.29, 0.717) is 5.69 Å². The Morgan fingerprint density at radius 1 is 1.23 bits per heavy atom. The van der Waals surface area contributed by atoms with E-state index in [1.54, 1.807) is 18.7 Å². The fourth-order valence-electron chi connectivity index (χ4n) is 2.78. The molecule has 3 nitrogen and oxygen atoms in total. The molecule has 0 fully saturated rings. The van der Waals surface area contributed by atoms with Gasteiger partial charge in [-0.25, -0.2) is 0 Å². The number of aliphatic hydroxyl groups is 1. The van der Waals surface area contributed by atoms with E-state index in [2.05, 4.69) is 11.4 Å². The third kappa shape index (κ3) is 3.03. The highest BCUT2D eigenvalue weighted by molar-refractivity contribution is 8.00. The van der Waals surface area contributed by atoms with Gasteiger partial charge in [0, 0.05) is 11.3 Å². The molecule has 1 heterocycles. The van der Waals surface area contributed by atoms with Gasteiger partial charge < -0.3 is 10.4 Å². The summed E-state index contributed by atoms with van der Waals surface area (Å²) in [6.07, 6.45) is 0.400. The molecule has 1 amide bonds. The molecular formula is C18H19NO2S. The maximum absolute atomic E-state index is 12.7. The summed E-state index contributed by atoms with van der Waals surface area (Å²) in [6.45, 7) is 1.70. The molecule has 2 N–H and O–H groups in total. The van der Waals surface area contributed by atoms with Crippen LogP contribution >= 0.6 is 11.8 Å². The molecule has 2 atom stereocenters. The molecule has 22 heavy (non-hydrogen) atoms. The smallest absolute Gasteiger partial charge is 0.242 e. The molecule has 4 heteroatoms. The number of thioether (sulfide) groups is 1. The number of hydrogen-bond donors (Lipinski definition) is 2.